The molecule has 10 rings (SSSR count). The summed E-state index contributed by atoms with van der Waals surface area (Å²) in [5.74, 6) is 1.15. The van der Waals surface area contributed by atoms with Gasteiger partial charge < -0.3 is 27.6 Å². The molecule has 0 radical (unpaired) electrons. The number of halogens is 4. The second-order valence-corrected chi connectivity index (χ2v) is 25.2. The molecule has 3 fully saturated rings. The van der Waals surface area contributed by atoms with Gasteiger partial charge in [0.05, 0.1) is 94.6 Å². The lowest BCUT2D eigenvalue weighted by Gasteiger charge is -2.55. The van der Waals surface area contributed by atoms with Gasteiger partial charge >= 0.3 is 0 Å². The van der Waals surface area contributed by atoms with Crippen molar-refractivity contribution in [1.29, 1.82) is 0 Å². The highest BCUT2D eigenvalue weighted by molar-refractivity contribution is 7.86. The topological polar surface area (TPSA) is 189 Å². The van der Waals surface area contributed by atoms with E-state index in [-0.39, 0.29) is 35.8 Å². The van der Waals surface area contributed by atoms with Gasteiger partial charge in [-0.15, -0.1) is 0 Å². The molecule has 5 aromatic carbocycles. The van der Waals surface area contributed by atoms with Crippen LogP contribution in [0.4, 0.5) is 0 Å². The van der Waals surface area contributed by atoms with Crippen LogP contribution < -0.4 is 9.47 Å². The van der Waals surface area contributed by atoms with Crippen molar-refractivity contribution in [3.63, 3.8) is 0 Å². The summed E-state index contributed by atoms with van der Waals surface area (Å²) in [6.07, 6.45) is 13.5. The average Bonchev–Trinajstić information content (AvgIpc) is 4.13. The lowest BCUT2D eigenvalue weighted by Crippen LogP contribution is -2.63. The zero-order valence-corrected chi connectivity index (χ0v) is 50.1. The molecule has 0 saturated carbocycles. The largest absolute Gasteiger partial charge is 0.748 e. The molecule has 2 atom stereocenters. The van der Waals surface area contributed by atoms with Crippen molar-refractivity contribution < 1.29 is 49.1 Å². The van der Waals surface area contributed by atoms with E-state index in [0.717, 1.165) is 30.3 Å². The Labute approximate surface area is 489 Å². The van der Waals surface area contributed by atoms with Crippen LogP contribution in [0.2, 0.25) is 20.1 Å². The molecule has 80 heavy (non-hydrogen) atoms. The number of aromatic nitrogens is 4. The maximum Gasteiger partial charge on any atom is 0.264 e. The number of hydrogen-bond donors (Lipinski definition) is 0. The predicted octanol–water partition coefficient (Wildman–Crippen LogP) is 11.9. The van der Waals surface area contributed by atoms with Gasteiger partial charge in [0.25, 0.3) is 10.1 Å². The summed E-state index contributed by atoms with van der Waals surface area (Å²) in [5, 5.41) is 1.90. The van der Waals surface area contributed by atoms with Crippen LogP contribution >= 0.6 is 46.4 Å². The second-order valence-electron chi connectivity index (χ2n) is 20.6. The lowest BCUT2D eigenvalue weighted by molar-refractivity contribution is -0.943. The molecule has 2 aromatic heterocycles. The number of aryl methyl sites for hydroxylation is 2. The SMILES string of the molecule is COc1ccccc1C(=O)c1nccn1CC(CCOS(C)(=O)=O)c1ccc(Cl)c(Cl)c1.COc1ccccc1C(=O)c1nccn1CC(CC[N+]12CCC(c3cc(C)cc(C)c3)(CC1)CC2)c1ccc(Cl)c(Cl)c1.CS(=O)(=O)[O-]. The molecule has 3 saturated heterocycles. The zero-order valence-electron chi connectivity index (χ0n) is 45.4. The number of carbonyl (C=O) groups is 2. The van der Waals surface area contributed by atoms with Crippen LogP contribution in [0.5, 0.6) is 11.5 Å². The number of nitrogens with zero attached hydrogens (tertiary/aromatic N) is 5. The molecule has 2 unspecified atom stereocenters. The first kappa shape index (κ1) is 62.0. The molecule has 15 nitrogen and oxygen atoms in total. The quantitative estimate of drug-likeness (QED) is 0.0304. The number of hydrogen-bond acceptors (Lipinski definition) is 12. The lowest BCUT2D eigenvalue weighted by atomic mass is 9.66. The molecule has 2 bridgehead atoms. The molecule has 0 amide bonds. The molecule has 3 aliphatic heterocycles. The maximum atomic E-state index is 13.6. The minimum atomic E-state index is -3.92. The molecule has 0 aliphatic carbocycles. The maximum absolute atomic E-state index is 13.6. The van der Waals surface area contributed by atoms with Gasteiger partial charge in [-0.2, -0.15) is 8.42 Å². The Morgan fingerprint density at radius 2 is 1.06 bits per heavy atom. The number of benzene rings is 5. The van der Waals surface area contributed by atoms with Gasteiger partial charge in [0.1, 0.15) is 11.5 Å². The van der Waals surface area contributed by atoms with E-state index in [9.17, 15) is 18.0 Å². The molecular weight excluding hydrogens is 1140 g/mol. The monoisotopic (exact) mass is 1210 g/mol. The Kier molecular flexibility index (Phi) is 20.9. The summed E-state index contributed by atoms with van der Waals surface area (Å²) in [6, 6.07) is 32.5. The predicted molar refractivity (Wildman–Crippen MR) is 313 cm³/mol. The van der Waals surface area contributed by atoms with E-state index in [1.807, 2.05) is 41.1 Å². The van der Waals surface area contributed by atoms with E-state index in [1.54, 1.807) is 84.4 Å². The Morgan fingerprint density at radius 3 is 1.48 bits per heavy atom. The summed E-state index contributed by atoms with van der Waals surface area (Å²) in [5.41, 5.74) is 7.48. The number of piperidine rings is 3. The Hall–Kier alpha value is -5.60. The minimum Gasteiger partial charge on any atom is -0.748 e. The van der Waals surface area contributed by atoms with E-state index in [2.05, 4.69) is 48.1 Å². The summed E-state index contributed by atoms with van der Waals surface area (Å²) in [4.78, 5) is 35.5. The fourth-order valence-electron chi connectivity index (χ4n) is 10.9. The minimum absolute atomic E-state index is 0.0196. The Morgan fingerprint density at radius 1 is 0.637 bits per heavy atom. The molecule has 21 heteroatoms. The van der Waals surface area contributed by atoms with Crippen LogP contribution in [-0.2, 0) is 42.9 Å². The fraction of sp³-hybridized carbons (Fsp3) is 0.356. The van der Waals surface area contributed by atoms with E-state index >= 15 is 0 Å². The summed E-state index contributed by atoms with van der Waals surface area (Å²) >= 11 is 25.1. The number of ether oxygens (including phenoxy) is 2. The van der Waals surface area contributed by atoms with Crippen molar-refractivity contribution in [3.8, 4) is 11.5 Å². The molecule has 426 valence electrons. The van der Waals surface area contributed by atoms with Crippen molar-refractivity contribution >= 4 is 78.2 Å². The van der Waals surface area contributed by atoms with Gasteiger partial charge in [-0.1, -0.05) is 112 Å². The highest BCUT2D eigenvalue weighted by Gasteiger charge is 2.49. The van der Waals surface area contributed by atoms with Gasteiger partial charge in [0.2, 0.25) is 11.6 Å². The van der Waals surface area contributed by atoms with E-state index in [0.29, 0.717) is 79.7 Å². The molecule has 7 aromatic rings. The second kappa shape index (κ2) is 27.0. The number of carbonyl (C=O) groups excluding carboxylic acids is 2. The van der Waals surface area contributed by atoms with Gasteiger partial charge in [0, 0.05) is 87.1 Å². The molecule has 0 N–H and O–H groups in total. The summed E-state index contributed by atoms with van der Waals surface area (Å²) in [7, 11) is -4.41. The molecule has 0 spiro atoms. The normalized spacial score (nSPS) is 17.5. The van der Waals surface area contributed by atoms with Gasteiger partial charge in [-0.3, -0.25) is 13.8 Å². The molecule has 3 aliphatic rings. The number of fused-ring (bicyclic) bond motifs is 3. The van der Waals surface area contributed by atoms with Crippen molar-refractivity contribution in [2.45, 2.75) is 76.3 Å². The third-order valence-corrected chi connectivity index (χ3v) is 17.0. The zero-order chi connectivity index (χ0) is 58.0. The van der Waals surface area contributed by atoms with Gasteiger partial charge in [-0.25, -0.2) is 18.4 Å². The highest BCUT2D eigenvalue weighted by Crippen LogP contribution is 2.47. The first-order chi connectivity index (χ1) is 37.9. The number of quaternary nitrogens is 1. The first-order valence-corrected chi connectivity index (χ1v) is 31.0. The third kappa shape index (κ3) is 16.3. The van der Waals surface area contributed by atoms with Crippen LogP contribution in [0, 0.1) is 13.8 Å². The van der Waals surface area contributed by atoms with E-state index < -0.39 is 20.2 Å². The standard InChI is InChI=1S/C36H40Cl2N3O2.C22H22Cl2N2O5S.CH4O3S/c1-25-20-26(2)22-29(21-25)36-11-17-41(18-12-36,19-13-36)16-10-28(27-8-9-31(37)32(38)23-27)24-40-15-14-39-35(40)34(42)30-6-4-5-7-33(30)43-3;1-30-20-6-4-3-5-17(20)21(27)22-25-10-11-26(22)14-16(9-12-31-32(2,28)29)15-7-8-18(23)19(24)13-15;1-5(2,3)4/h4-9,14-15,20-23,28H,10-13,16-19,24H2,1-3H3;3-8,10-11,13,16H,9,12,14H2,1-2H3;1H3,(H,2,3,4)/q+1;;/p-1. The average molecular weight is 1210 g/mol. The number of ketones is 2. The third-order valence-electron chi connectivity index (χ3n) is 14.9. The van der Waals surface area contributed by atoms with Crippen LogP contribution in [-0.4, -0.2) is 116 Å². The Bertz CT molecular complexity index is 3500. The van der Waals surface area contributed by atoms with Crippen LogP contribution in [0.15, 0.2) is 128 Å². The highest BCUT2D eigenvalue weighted by atomic mass is 35.5. The van der Waals surface area contributed by atoms with Crippen molar-refractivity contribution in [3.05, 3.63) is 199 Å². The van der Waals surface area contributed by atoms with Gasteiger partial charge in [0.15, 0.2) is 11.6 Å². The number of methoxy groups -OCH3 is 2. The fourth-order valence-corrected chi connectivity index (χ4v) is 11.9. The number of para-hydroxylation sites is 2. The number of rotatable bonds is 20. The van der Waals surface area contributed by atoms with Crippen LogP contribution in [0.1, 0.15) is 104 Å². The van der Waals surface area contributed by atoms with E-state index in [4.69, 9.17) is 73.0 Å². The van der Waals surface area contributed by atoms with Crippen molar-refractivity contribution in [1.82, 2.24) is 19.1 Å². The first-order valence-electron chi connectivity index (χ1n) is 25.9. The van der Waals surface area contributed by atoms with E-state index in [1.165, 1.54) is 61.6 Å². The smallest absolute Gasteiger partial charge is 0.264 e. The number of imidazole rings is 2. The molecule has 5 heterocycles. The molecular formula is C59H65Cl4N5O10S2. The van der Waals surface area contributed by atoms with Gasteiger partial charge in [-0.05, 0) is 85.5 Å². The summed E-state index contributed by atoms with van der Waals surface area (Å²) in [6.45, 7) is 10.1. The summed E-state index contributed by atoms with van der Waals surface area (Å²) < 4.78 is 70.6. The van der Waals surface area contributed by atoms with Crippen molar-refractivity contribution in [2.24, 2.45) is 0 Å². The van der Waals surface area contributed by atoms with Crippen LogP contribution in [0.3, 0.4) is 0 Å². The van der Waals surface area contributed by atoms with Crippen LogP contribution in [0.25, 0.3) is 0 Å². The Balaban J connectivity index is 0.000000221. The van der Waals surface area contributed by atoms with Crippen molar-refractivity contribution in [2.75, 3.05) is 59.5 Å².